The summed E-state index contributed by atoms with van der Waals surface area (Å²) in [4.78, 5) is 12.0. The second-order valence-electron chi connectivity index (χ2n) is 5.54. The number of carbonyl (C=O) groups is 1. The number of methoxy groups -OCH3 is 1. The predicted molar refractivity (Wildman–Crippen MR) is 100 cm³/mol. The summed E-state index contributed by atoms with van der Waals surface area (Å²) < 4.78 is 29.7. The minimum Gasteiger partial charge on any atom is -0.493 e. The molecule has 0 saturated heterocycles. The van der Waals surface area contributed by atoms with Gasteiger partial charge in [-0.2, -0.15) is 0 Å². The third-order valence-electron chi connectivity index (χ3n) is 3.63. The van der Waals surface area contributed by atoms with Gasteiger partial charge in [0.1, 0.15) is 5.75 Å². The molecule has 3 aromatic carbocycles. The van der Waals surface area contributed by atoms with Crippen LogP contribution < -0.4 is 19.5 Å². The Morgan fingerprint density at radius 1 is 0.889 bits per heavy atom. The number of nitrogens with one attached hydrogen (secondary N) is 1. The van der Waals surface area contributed by atoms with Crippen LogP contribution in [0.3, 0.4) is 0 Å². The second kappa shape index (κ2) is 8.71. The summed E-state index contributed by atoms with van der Waals surface area (Å²) in [5.74, 6) is 0.948. The molecule has 0 fully saturated rings. The molecule has 138 valence electrons. The average Bonchev–Trinajstić information content (AvgIpc) is 2.69. The van der Waals surface area contributed by atoms with Crippen molar-refractivity contribution in [1.82, 2.24) is 0 Å². The van der Waals surface area contributed by atoms with E-state index in [0.717, 1.165) is 0 Å². The molecule has 0 aliphatic carbocycles. The molecule has 0 bridgehead atoms. The molecule has 0 heterocycles. The fraction of sp³-hybridized carbons (Fsp3) is 0.0952. The predicted octanol–water partition coefficient (Wildman–Crippen LogP) is 4.64. The Bertz CT molecular complexity index is 912. The zero-order chi connectivity index (χ0) is 19.1. The molecule has 1 N–H and O–H groups in total. The van der Waals surface area contributed by atoms with Gasteiger partial charge in [0.2, 0.25) is 0 Å². The fourth-order valence-electron chi connectivity index (χ4n) is 2.34. The van der Waals surface area contributed by atoms with Crippen LogP contribution in [0, 0.1) is 5.82 Å². The Hall–Kier alpha value is -3.54. The van der Waals surface area contributed by atoms with Crippen molar-refractivity contribution >= 4 is 11.6 Å². The van der Waals surface area contributed by atoms with E-state index >= 15 is 0 Å². The Balaban J connectivity index is 1.55. The molecule has 0 radical (unpaired) electrons. The molecule has 0 saturated carbocycles. The van der Waals surface area contributed by atoms with Gasteiger partial charge in [-0.3, -0.25) is 4.79 Å². The lowest BCUT2D eigenvalue weighted by Crippen LogP contribution is -2.20. The van der Waals surface area contributed by atoms with Gasteiger partial charge < -0.3 is 19.5 Å². The third-order valence-corrected chi connectivity index (χ3v) is 3.63. The molecule has 0 spiro atoms. The molecular weight excluding hydrogens is 349 g/mol. The van der Waals surface area contributed by atoms with Gasteiger partial charge in [0.25, 0.3) is 5.91 Å². The molecule has 0 aliphatic rings. The van der Waals surface area contributed by atoms with Crippen molar-refractivity contribution in [1.29, 1.82) is 0 Å². The standard InChI is InChI=1S/C21H18FNO4/c1-25-19-8-4-5-9-20(19)27-16-12-10-15(11-13-16)23-21(24)14-26-18-7-3-2-6-17(18)22/h2-13H,14H2,1H3,(H,23,24). The summed E-state index contributed by atoms with van der Waals surface area (Å²) >= 11 is 0. The number of carbonyl (C=O) groups excluding carboxylic acids is 1. The topological polar surface area (TPSA) is 56.8 Å². The lowest BCUT2D eigenvalue weighted by atomic mass is 10.3. The SMILES string of the molecule is COc1ccccc1Oc1ccc(NC(=O)COc2ccccc2F)cc1. The van der Waals surface area contributed by atoms with Crippen LogP contribution in [0.2, 0.25) is 0 Å². The van der Waals surface area contributed by atoms with E-state index in [1.54, 1.807) is 55.6 Å². The van der Waals surface area contributed by atoms with Crippen molar-refractivity contribution in [2.24, 2.45) is 0 Å². The minimum atomic E-state index is -0.511. The van der Waals surface area contributed by atoms with E-state index in [0.29, 0.717) is 22.9 Å². The summed E-state index contributed by atoms with van der Waals surface area (Å²) in [6.45, 7) is -0.291. The summed E-state index contributed by atoms with van der Waals surface area (Å²) in [5.41, 5.74) is 0.574. The number of anilines is 1. The molecule has 3 aromatic rings. The van der Waals surface area contributed by atoms with Crippen molar-refractivity contribution in [2.45, 2.75) is 0 Å². The van der Waals surface area contributed by atoms with E-state index in [9.17, 15) is 9.18 Å². The summed E-state index contributed by atoms with van der Waals surface area (Å²) in [6.07, 6.45) is 0. The van der Waals surface area contributed by atoms with Crippen molar-refractivity contribution in [3.8, 4) is 23.0 Å². The third kappa shape index (κ3) is 4.98. The van der Waals surface area contributed by atoms with Gasteiger partial charge >= 0.3 is 0 Å². The molecular formula is C21H18FNO4. The van der Waals surface area contributed by atoms with E-state index in [1.807, 2.05) is 12.1 Å². The molecule has 0 atom stereocenters. The number of hydrogen-bond donors (Lipinski definition) is 1. The van der Waals surface area contributed by atoms with E-state index in [2.05, 4.69) is 5.32 Å². The number of amides is 1. The van der Waals surface area contributed by atoms with Crippen LogP contribution in [-0.4, -0.2) is 19.6 Å². The first kappa shape index (κ1) is 18.3. The highest BCUT2D eigenvalue weighted by Gasteiger charge is 2.08. The van der Waals surface area contributed by atoms with Gasteiger partial charge in [0, 0.05) is 5.69 Å². The van der Waals surface area contributed by atoms with Crippen LogP contribution in [0.5, 0.6) is 23.0 Å². The van der Waals surface area contributed by atoms with Crippen molar-refractivity contribution in [3.63, 3.8) is 0 Å². The molecule has 5 nitrogen and oxygen atoms in total. The first-order valence-corrected chi connectivity index (χ1v) is 8.24. The number of ether oxygens (including phenoxy) is 3. The van der Waals surface area contributed by atoms with Crippen molar-refractivity contribution in [2.75, 3.05) is 19.0 Å². The molecule has 6 heteroatoms. The van der Waals surface area contributed by atoms with Crippen LogP contribution >= 0.6 is 0 Å². The molecule has 3 rings (SSSR count). The van der Waals surface area contributed by atoms with Crippen LogP contribution in [0.1, 0.15) is 0 Å². The van der Waals surface area contributed by atoms with Crippen molar-refractivity contribution < 1.29 is 23.4 Å². The number of para-hydroxylation sites is 3. The Morgan fingerprint density at radius 3 is 2.19 bits per heavy atom. The van der Waals surface area contributed by atoms with Gasteiger partial charge in [-0.15, -0.1) is 0 Å². The normalized spacial score (nSPS) is 10.1. The quantitative estimate of drug-likeness (QED) is 0.661. The zero-order valence-corrected chi connectivity index (χ0v) is 14.6. The average molecular weight is 367 g/mol. The number of halogens is 1. The van der Waals surface area contributed by atoms with E-state index in [-0.39, 0.29) is 12.4 Å². The van der Waals surface area contributed by atoms with Crippen molar-refractivity contribution in [3.05, 3.63) is 78.6 Å². The van der Waals surface area contributed by atoms with Gasteiger partial charge in [0.15, 0.2) is 29.7 Å². The fourth-order valence-corrected chi connectivity index (χ4v) is 2.34. The monoisotopic (exact) mass is 367 g/mol. The molecule has 1 amide bonds. The summed E-state index contributed by atoms with van der Waals surface area (Å²) in [7, 11) is 1.57. The second-order valence-corrected chi connectivity index (χ2v) is 5.54. The number of hydrogen-bond acceptors (Lipinski definition) is 4. The maximum absolute atomic E-state index is 13.5. The highest BCUT2D eigenvalue weighted by Crippen LogP contribution is 2.31. The van der Waals surface area contributed by atoms with Gasteiger partial charge in [-0.1, -0.05) is 24.3 Å². The Morgan fingerprint density at radius 2 is 1.52 bits per heavy atom. The zero-order valence-electron chi connectivity index (χ0n) is 14.6. The first-order chi connectivity index (χ1) is 13.2. The number of benzene rings is 3. The minimum absolute atomic E-state index is 0.0354. The first-order valence-electron chi connectivity index (χ1n) is 8.24. The van der Waals surface area contributed by atoms with E-state index in [4.69, 9.17) is 14.2 Å². The summed E-state index contributed by atoms with van der Waals surface area (Å²) in [6, 6.07) is 20.1. The molecule has 0 unspecified atom stereocenters. The number of rotatable bonds is 7. The van der Waals surface area contributed by atoms with E-state index < -0.39 is 11.7 Å². The molecule has 0 aliphatic heterocycles. The lowest BCUT2D eigenvalue weighted by Gasteiger charge is -2.11. The van der Waals surface area contributed by atoms with Gasteiger partial charge in [-0.05, 0) is 48.5 Å². The Kier molecular flexibility index (Phi) is 5.89. The van der Waals surface area contributed by atoms with E-state index in [1.165, 1.54) is 12.1 Å². The summed E-state index contributed by atoms with van der Waals surface area (Å²) in [5, 5.41) is 2.68. The molecule has 27 heavy (non-hydrogen) atoms. The highest BCUT2D eigenvalue weighted by atomic mass is 19.1. The van der Waals surface area contributed by atoms with Crippen LogP contribution in [0.15, 0.2) is 72.8 Å². The van der Waals surface area contributed by atoms with Gasteiger partial charge in [0.05, 0.1) is 7.11 Å². The Labute approximate surface area is 156 Å². The largest absolute Gasteiger partial charge is 0.493 e. The maximum Gasteiger partial charge on any atom is 0.262 e. The molecule has 0 aromatic heterocycles. The highest BCUT2D eigenvalue weighted by molar-refractivity contribution is 5.91. The van der Waals surface area contributed by atoms with Crippen LogP contribution in [0.25, 0.3) is 0 Å². The van der Waals surface area contributed by atoms with Gasteiger partial charge in [-0.25, -0.2) is 4.39 Å². The smallest absolute Gasteiger partial charge is 0.262 e. The van der Waals surface area contributed by atoms with Crippen LogP contribution in [-0.2, 0) is 4.79 Å². The maximum atomic E-state index is 13.5. The lowest BCUT2D eigenvalue weighted by molar-refractivity contribution is -0.118. The van der Waals surface area contributed by atoms with Crippen LogP contribution in [0.4, 0.5) is 10.1 Å².